The fourth-order valence-electron chi connectivity index (χ4n) is 0.860. The van der Waals surface area contributed by atoms with E-state index in [0.717, 1.165) is 12.3 Å². The molecular weight excluding hydrogens is 254 g/mol. The van der Waals surface area contributed by atoms with Crippen molar-refractivity contribution in [1.29, 1.82) is 0 Å². The van der Waals surface area contributed by atoms with E-state index < -0.39 is 18.4 Å². The molecule has 0 aromatic carbocycles. The minimum absolute atomic E-state index is 0.00984. The molecule has 0 N–H and O–H groups in total. The quantitative estimate of drug-likeness (QED) is 0.763. The van der Waals surface area contributed by atoms with Crippen LogP contribution in [-0.4, -0.2) is 16.9 Å². The zero-order chi connectivity index (χ0) is 11.6. The van der Waals surface area contributed by atoms with E-state index in [1.54, 1.807) is 0 Å². The first-order valence-corrected chi connectivity index (χ1v) is 4.46. The second kappa shape index (κ2) is 4.37. The molecule has 0 radical (unpaired) electrons. The second-order valence-electron chi connectivity index (χ2n) is 2.70. The molecule has 1 aromatic rings. The fourth-order valence-corrected chi connectivity index (χ4v) is 1.21. The number of ketones is 1. The number of hydrogen-bond donors (Lipinski definition) is 0. The largest absolute Gasteiger partial charge is 0.450 e. The number of halogens is 5. The van der Waals surface area contributed by atoms with Crippen LogP contribution in [0.15, 0.2) is 12.3 Å². The molecule has 7 heteroatoms. The summed E-state index contributed by atoms with van der Waals surface area (Å²) in [7, 11) is 0. The van der Waals surface area contributed by atoms with Crippen LogP contribution >= 0.6 is 23.2 Å². The van der Waals surface area contributed by atoms with Crippen LogP contribution in [0.5, 0.6) is 0 Å². The molecule has 0 fully saturated rings. The Morgan fingerprint density at radius 2 is 2.00 bits per heavy atom. The van der Waals surface area contributed by atoms with E-state index in [-0.39, 0.29) is 15.7 Å². The predicted octanol–water partition coefficient (Wildman–Crippen LogP) is 3.06. The van der Waals surface area contributed by atoms with Gasteiger partial charge in [0, 0.05) is 12.6 Å². The van der Waals surface area contributed by atoms with Crippen molar-refractivity contribution in [2.24, 2.45) is 0 Å². The van der Waals surface area contributed by atoms with Crippen LogP contribution in [0.1, 0.15) is 5.56 Å². The topological polar surface area (TPSA) is 30.0 Å². The maximum Gasteiger partial charge on any atom is 0.450 e. The number of hydrogen-bond acceptors (Lipinski definition) is 2. The second-order valence-corrected chi connectivity index (χ2v) is 3.49. The van der Waals surface area contributed by atoms with Gasteiger partial charge >= 0.3 is 6.18 Å². The van der Waals surface area contributed by atoms with E-state index in [0.29, 0.717) is 0 Å². The standard InChI is InChI=1S/C8H4Cl2F3NO/c9-5-3-14-7(10)2-4(5)1-6(15)8(11,12)13/h2-3H,1H2. The minimum Gasteiger partial charge on any atom is -0.289 e. The van der Waals surface area contributed by atoms with Crippen molar-refractivity contribution in [2.45, 2.75) is 12.6 Å². The van der Waals surface area contributed by atoms with Gasteiger partial charge in [0.05, 0.1) is 5.02 Å². The van der Waals surface area contributed by atoms with Gasteiger partial charge in [0.1, 0.15) is 5.15 Å². The first kappa shape index (κ1) is 12.3. The number of nitrogens with zero attached hydrogens (tertiary/aromatic N) is 1. The highest BCUT2D eigenvalue weighted by molar-refractivity contribution is 6.32. The van der Waals surface area contributed by atoms with Gasteiger partial charge in [0.2, 0.25) is 5.78 Å². The summed E-state index contributed by atoms with van der Waals surface area (Å²) in [5.41, 5.74) is 0.0130. The summed E-state index contributed by atoms with van der Waals surface area (Å²) >= 11 is 11.0. The molecule has 2 nitrogen and oxygen atoms in total. The van der Waals surface area contributed by atoms with Gasteiger partial charge in [-0.3, -0.25) is 4.79 Å². The molecule has 0 aliphatic rings. The van der Waals surface area contributed by atoms with E-state index in [1.807, 2.05) is 0 Å². The van der Waals surface area contributed by atoms with Gasteiger partial charge in [-0.2, -0.15) is 13.2 Å². The summed E-state index contributed by atoms with van der Waals surface area (Å²) in [4.78, 5) is 14.2. The first-order valence-electron chi connectivity index (χ1n) is 3.70. The van der Waals surface area contributed by atoms with Crippen LogP contribution in [-0.2, 0) is 11.2 Å². The van der Waals surface area contributed by atoms with Crippen molar-refractivity contribution in [2.75, 3.05) is 0 Å². The number of Topliss-reactive ketones (excluding diaryl/α,β-unsaturated/α-hetero) is 1. The van der Waals surface area contributed by atoms with Gasteiger partial charge in [0.25, 0.3) is 0 Å². The monoisotopic (exact) mass is 257 g/mol. The van der Waals surface area contributed by atoms with E-state index in [4.69, 9.17) is 23.2 Å². The molecular formula is C8H4Cl2F3NO. The summed E-state index contributed by atoms with van der Waals surface area (Å²) < 4.78 is 35.8. The maximum absolute atomic E-state index is 11.9. The van der Waals surface area contributed by atoms with E-state index in [1.165, 1.54) is 0 Å². The number of rotatable bonds is 2. The van der Waals surface area contributed by atoms with Crippen LogP contribution in [0.4, 0.5) is 13.2 Å². The molecule has 0 saturated carbocycles. The highest BCUT2D eigenvalue weighted by atomic mass is 35.5. The highest BCUT2D eigenvalue weighted by Gasteiger charge is 2.38. The van der Waals surface area contributed by atoms with Crippen LogP contribution < -0.4 is 0 Å². The van der Waals surface area contributed by atoms with Gasteiger partial charge in [-0.15, -0.1) is 0 Å². The zero-order valence-electron chi connectivity index (χ0n) is 7.11. The Morgan fingerprint density at radius 1 is 1.40 bits per heavy atom. The molecule has 0 amide bonds. The van der Waals surface area contributed by atoms with Crippen molar-refractivity contribution in [3.8, 4) is 0 Å². The third kappa shape index (κ3) is 3.35. The predicted molar refractivity (Wildman–Crippen MR) is 49.0 cm³/mol. The van der Waals surface area contributed by atoms with Gasteiger partial charge < -0.3 is 0 Å². The molecule has 82 valence electrons. The molecule has 1 heterocycles. The molecule has 1 rings (SSSR count). The smallest absolute Gasteiger partial charge is 0.289 e. The van der Waals surface area contributed by atoms with Crippen LogP contribution in [0, 0.1) is 0 Å². The molecule has 15 heavy (non-hydrogen) atoms. The van der Waals surface area contributed by atoms with Crippen LogP contribution in [0.3, 0.4) is 0 Å². The molecule has 0 atom stereocenters. The number of aromatic nitrogens is 1. The summed E-state index contributed by atoms with van der Waals surface area (Å²) in [6.07, 6.45) is -4.59. The third-order valence-corrected chi connectivity index (χ3v) is 2.12. The van der Waals surface area contributed by atoms with E-state index in [9.17, 15) is 18.0 Å². The molecule has 0 unspecified atom stereocenters. The van der Waals surface area contributed by atoms with E-state index in [2.05, 4.69) is 4.98 Å². The average Bonchev–Trinajstić information content (AvgIpc) is 2.09. The molecule has 0 saturated heterocycles. The summed E-state index contributed by atoms with van der Waals surface area (Å²) in [5.74, 6) is -1.87. The fraction of sp³-hybridized carbons (Fsp3) is 0.250. The molecule has 1 aromatic heterocycles. The summed E-state index contributed by atoms with van der Waals surface area (Å²) in [6.45, 7) is 0. The van der Waals surface area contributed by atoms with Crippen molar-refractivity contribution in [1.82, 2.24) is 4.98 Å². The van der Waals surface area contributed by atoms with Crippen molar-refractivity contribution >= 4 is 29.0 Å². The molecule has 0 bridgehead atoms. The lowest BCUT2D eigenvalue weighted by Crippen LogP contribution is -2.24. The number of pyridine rings is 1. The lowest BCUT2D eigenvalue weighted by Gasteiger charge is -2.06. The number of carbonyl (C=O) groups is 1. The Labute approximate surface area is 93.0 Å². The normalized spacial score (nSPS) is 11.5. The molecule has 0 aliphatic heterocycles. The molecule has 0 aliphatic carbocycles. The Kier molecular flexibility index (Phi) is 3.57. The lowest BCUT2D eigenvalue weighted by molar-refractivity contribution is -0.170. The number of alkyl halides is 3. The Hall–Kier alpha value is -0.810. The Morgan fingerprint density at radius 3 is 2.53 bits per heavy atom. The van der Waals surface area contributed by atoms with Crippen molar-refractivity contribution < 1.29 is 18.0 Å². The van der Waals surface area contributed by atoms with Crippen LogP contribution in [0.25, 0.3) is 0 Å². The summed E-state index contributed by atoms with van der Waals surface area (Å²) in [6, 6.07) is 1.13. The Bertz CT molecular complexity index is 392. The zero-order valence-corrected chi connectivity index (χ0v) is 8.62. The third-order valence-electron chi connectivity index (χ3n) is 1.57. The number of carbonyl (C=O) groups excluding carboxylic acids is 1. The maximum atomic E-state index is 11.9. The van der Waals surface area contributed by atoms with Crippen molar-refractivity contribution in [3.63, 3.8) is 0 Å². The lowest BCUT2D eigenvalue weighted by atomic mass is 10.1. The van der Waals surface area contributed by atoms with Gasteiger partial charge in [-0.25, -0.2) is 4.98 Å². The Balaban J connectivity index is 2.90. The minimum atomic E-state index is -4.86. The van der Waals surface area contributed by atoms with Crippen LogP contribution in [0.2, 0.25) is 10.2 Å². The first-order chi connectivity index (χ1) is 6.80. The highest BCUT2D eigenvalue weighted by Crippen LogP contribution is 2.23. The molecule has 0 spiro atoms. The summed E-state index contributed by atoms with van der Waals surface area (Å²) in [5, 5.41) is -0.0265. The SMILES string of the molecule is O=C(Cc1cc(Cl)ncc1Cl)C(F)(F)F. The van der Waals surface area contributed by atoms with Gasteiger partial charge in [-0.05, 0) is 11.6 Å². The van der Waals surface area contributed by atoms with Crippen molar-refractivity contribution in [3.05, 3.63) is 28.0 Å². The van der Waals surface area contributed by atoms with E-state index >= 15 is 0 Å². The van der Waals surface area contributed by atoms with Gasteiger partial charge in [0.15, 0.2) is 0 Å². The van der Waals surface area contributed by atoms with Gasteiger partial charge in [-0.1, -0.05) is 23.2 Å². The average molecular weight is 258 g/mol.